The van der Waals surface area contributed by atoms with E-state index in [2.05, 4.69) is 4.98 Å². The fraction of sp³-hybridized carbons (Fsp3) is 0.133. The predicted molar refractivity (Wildman–Crippen MR) is 84.3 cm³/mol. The van der Waals surface area contributed by atoms with Crippen LogP contribution in [0.2, 0.25) is 0 Å². The molecule has 1 N–H and O–H groups in total. The summed E-state index contributed by atoms with van der Waals surface area (Å²) in [7, 11) is 1.45. The first kappa shape index (κ1) is 14.3. The summed E-state index contributed by atoms with van der Waals surface area (Å²) in [6, 6.07) is 8.21. The van der Waals surface area contributed by atoms with Crippen molar-refractivity contribution in [2.24, 2.45) is 7.05 Å². The van der Waals surface area contributed by atoms with Gasteiger partial charge in [0.15, 0.2) is 0 Å². The first-order valence-corrected chi connectivity index (χ1v) is 7.37. The van der Waals surface area contributed by atoms with Gasteiger partial charge < -0.3 is 5.11 Å². The van der Waals surface area contributed by atoms with Crippen LogP contribution in [0.4, 0.5) is 0 Å². The van der Waals surface area contributed by atoms with Gasteiger partial charge in [-0.25, -0.2) is 9.78 Å². The second-order valence-electron chi connectivity index (χ2n) is 4.81. The van der Waals surface area contributed by atoms with Crippen LogP contribution in [0.5, 0.6) is 5.75 Å². The van der Waals surface area contributed by atoms with Crippen molar-refractivity contribution < 1.29 is 5.11 Å². The van der Waals surface area contributed by atoms with Crippen LogP contribution in [0.15, 0.2) is 52.3 Å². The van der Waals surface area contributed by atoms with E-state index in [1.54, 1.807) is 24.4 Å². The number of benzene rings is 1. The highest BCUT2D eigenvalue weighted by Gasteiger charge is 2.08. The molecule has 6 nitrogen and oxygen atoms in total. The van der Waals surface area contributed by atoms with Crippen LogP contribution in [-0.2, 0) is 13.6 Å². The van der Waals surface area contributed by atoms with E-state index in [-0.39, 0.29) is 17.0 Å². The Bertz CT molecular complexity index is 939. The van der Waals surface area contributed by atoms with E-state index in [1.165, 1.54) is 35.2 Å². The van der Waals surface area contributed by atoms with E-state index in [9.17, 15) is 14.7 Å². The average Bonchev–Trinajstić information content (AvgIpc) is 2.97. The van der Waals surface area contributed by atoms with Crippen LogP contribution in [-0.4, -0.2) is 19.2 Å². The van der Waals surface area contributed by atoms with Gasteiger partial charge >= 0.3 is 5.69 Å². The van der Waals surface area contributed by atoms with E-state index in [0.29, 0.717) is 6.54 Å². The minimum Gasteiger partial charge on any atom is -0.508 e. The van der Waals surface area contributed by atoms with Crippen LogP contribution in [0.25, 0.3) is 10.6 Å². The lowest BCUT2D eigenvalue weighted by atomic mass is 10.2. The first-order chi connectivity index (χ1) is 10.5. The Kier molecular flexibility index (Phi) is 3.64. The Labute approximate surface area is 129 Å². The molecule has 0 unspecified atom stereocenters. The zero-order valence-corrected chi connectivity index (χ0v) is 12.6. The summed E-state index contributed by atoms with van der Waals surface area (Å²) in [5.74, 6) is 0.184. The fourth-order valence-electron chi connectivity index (χ4n) is 2.06. The minimum absolute atomic E-state index is 0.184. The minimum atomic E-state index is -0.361. The largest absolute Gasteiger partial charge is 0.508 e. The lowest BCUT2D eigenvalue weighted by Gasteiger charge is -2.04. The van der Waals surface area contributed by atoms with Gasteiger partial charge in [0.1, 0.15) is 10.8 Å². The molecule has 0 aliphatic rings. The van der Waals surface area contributed by atoms with Gasteiger partial charge in [-0.15, -0.1) is 11.3 Å². The summed E-state index contributed by atoms with van der Waals surface area (Å²) in [6.07, 6.45) is 3.18. The molecule has 0 aliphatic carbocycles. The third-order valence-electron chi connectivity index (χ3n) is 3.23. The summed E-state index contributed by atoms with van der Waals surface area (Å²) in [4.78, 5) is 28.6. The average molecular weight is 315 g/mol. The van der Waals surface area contributed by atoms with Gasteiger partial charge in [0, 0.05) is 35.9 Å². The summed E-state index contributed by atoms with van der Waals surface area (Å²) in [6.45, 7) is 0.351. The van der Waals surface area contributed by atoms with Gasteiger partial charge in [-0.05, 0) is 12.1 Å². The molecule has 0 aliphatic heterocycles. The van der Waals surface area contributed by atoms with Crippen LogP contribution in [0, 0.1) is 0 Å². The number of aromatic hydroxyl groups is 1. The zero-order chi connectivity index (χ0) is 15.7. The third kappa shape index (κ3) is 2.71. The van der Waals surface area contributed by atoms with Crippen molar-refractivity contribution in [3.05, 3.63) is 68.4 Å². The number of phenolic OH excluding ortho intramolecular Hbond substituents is 1. The van der Waals surface area contributed by atoms with Crippen molar-refractivity contribution in [2.75, 3.05) is 0 Å². The van der Waals surface area contributed by atoms with E-state index >= 15 is 0 Å². The summed E-state index contributed by atoms with van der Waals surface area (Å²) >= 11 is 1.44. The molecule has 3 aromatic rings. The summed E-state index contributed by atoms with van der Waals surface area (Å²) in [5, 5.41) is 10.3. The third-order valence-corrected chi connectivity index (χ3v) is 4.26. The topological polar surface area (TPSA) is 77.1 Å². The highest BCUT2D eigenvalue weighted by molar-refractivity contribution is 7.15. The van der Waals surface area contributed by atoms with E-state index in [4.69, 9.17) is 0 Å². The molecule has 112 valence electrons. The molecule has 0 amide bonds. The number of rotatable bonds is 3. The monoisotopic (exact) mass is 315 g/mol. The van der Waals surface area contributed by atoms with Crippen LogP contribution in [0.1, 0.15) is 4.88 Å². The number of hydrogen-bond donors (Lipinski definition) is 1. The molecule has 0 fully saturated rings. The molecule has 3 rings (SSSR count). The van der Waals surface area contributed by atoms with Gasteiger partial charge in [0.05, 0.1) is 6.54 Å². The van der Waals surface area contributed by atoms with Crippen molar-refractivity contribution in [3.63, 3.8) is 0 Å². The number of nitrogens with zero attached hydrogens (tertiary/aromatic N) is 3. The Morgan fingerprint density at radius 1 is 1.27 bits per heavy atom. The van der Waals surface area contributed by atoms with Gasteiger partial charge in [0.2, 0.25) is 0 Å². The second-order valence-corrected chi connectivity index (χ2v) is 5.92. The fourth-order valence-corrected chi connectivity index (χ4v) is 2.97. The lowest BCUT2D eigenvalue weighted by Crippen LogP contribution is -2.36. The van der Waals surface area contributed by atoms with E-state index < -0.39 is 0 Å². The Hall–Kier alpha value is -2.67. The molecular formula is C15H13N3O3S. The van der Waals surface area contributed by atoms with Crippen molar-refractivity contribution in [2.45, 2.75) is 6.54 Å². The van der Waals surface area contributed by atoms with Crippen LogP contribution < -0.4 is 11.2 Å². The Balaban J connectivity index is 1.91. The predicted octanol–water partition coefficient (Wildman–Crippen LogP) is 1.42. The maximum absolute atomic E-state index is 12.0. The molecule has 0 atom stereocenters. The smallest absolute Gasteiger partial charge is 0.331 e. The standard InChI is InChI=1S/C15H13N3O3S/c1-17-13(20)5-6-18(15(17)21)9-12-8-16-14(22-12)10-3-2-4-11(19)7-10/h2-8,19H,9H2,1H3. The molecule has 2 aromatic heterocycles. The second kappa shape index (κ2) is 5.61. The number of aromatic nitrogens is 3. The van der Waals surface area contributed by atoms with Crippen molar-refractivity contribution in [1.29, 1.82) is 0 Å². The molecule has 0 saturated carbocycles. The summed E-state index contributed by atoms with van der Waals surface area (Å²) in [5.41, 5.74) is 0.134. The van der Waals surface area contributed by atoms with Crippen LogP contribution >= 0.6 is 11.3 Å². The van der Waals surface area contributed by atoms with Crippen molar-refractivity contribution in [1.82, 2.24) is 14.1 Å². The van der Waals surface area contributed by atoms with Gasteiger partial charge in [0.25, 0.3) is 5.56 Å². The normalized spacial score (nSPS) is 10.8. The Morgan fingerprint density at radius 3 is 2.86 bits per heavy atom. The number of hydrogen-bond acceptors (Lipinski definition) is 5. The zero-order valence-electron chi connectivity index (χ0n) is 11.8. The maximum atomic E-state index is 12.0. The molecule has 2 heterocycles. The number of thiazole rings is 1. The molecule has 1 aromatic carbocycles. The SMILES string of the molecule is Cn1c(=O)ccn(Cc2cnc(-c3cccc(O)c3)s2)c1=O. The van der Waals surface area contributed by atoms with E-state index in [1.807, 2.05) is 6.07 Å². The van der Waals surface area contributed by atoms with Crippen LogP contribution in [0.3, 0.4) is 0 Å². The lowest BCUT2D eigenvalue weighted by molar-refractivity contribution is 0.475. The highest BCUT2D eigenvalue weighted by Crippen LogP contribution is 2.27. The van der Waals surface area contributed by atoms with Gasteiger partial charge in [-0.2, -0.15) is 0 Å². The van der Waals surface area contributed by atoms with Gasteiger partial charge in [-0.3, -0.25) is 13.9 Å². The van der Waals surface area contributed by atoms with E-state index in [0.717, 1.165) is 20.0 Å². The molecule has 0 radical (unpaired) electrons. The maximum Gasteiger partial charge on any atom is 0.331 e. The molecule has 0 spiro atoms. The number of phenols is 1. The highest BCUT2D eigenvalue weighted by atomic mass is 32.1. The quantitative estimate of drug-likeness (QED) is 0.793. The first-order valence-electron chi connectivity index (χ1n) is 6.55. The molecule has 0 bridgehead atoms. The van der Waals surface area contributed by atoms with Crippen molar-refractivity contribution >= 4 is 11.3 Å². The molecule has 0 saturated heterocycles. The molecule has 7 heteroatoms. The molecular weight excluding hydrogens is 302 g/mol. The van der Waals surface area contributed by atoms with Gasteiger partial charge in [-0.1, -0.05) is 12.1 Å². The Morgan fingerprint density at radius 2 is 2.09 bits per heavy atom. The van der Waals surface area contributed by atoms with Crippen molar-refractivity contribution in [3.8, 4) is 16.3 Å². The summed E-state index contributed by atoms with van der Waals surface area (Å²) < 4.78 is 2.53. The molecule has 22 heavy (non-hydrogen) atoms.